The van der Waals surface area contributed by atoms with Gasteiger partial charge in [0.2, 0.25) is 0 Å². The molecule has 15 heavy (non-hydrogen) atoms. The monoisotopic (exact) mass is 229 g/mol. The van der Waals surface area contributed by atoms with Gasteiger partial charge in [0.25, 0.3) is 0 Å². The molecule has 4 unspecified atom stereocenters. The van der Waals surface area contributed by atoms with Crippen molar-refractivity contribution < 1.29 is 0 Å². The van der Waals surface area contributed by atoms with Crippen LogP contribution in [0.25, 0.3) is 0 Å². The Bertz CT molecular complexity index is 172. The predicted octanol–water partition coefficient (Wildman–Crippen LogP) is 3.53. The van der Waals surface area contributed by atoms with Gasteiger partial charge in [-0.3, -0.25) is 0 Å². The summed E-state index contributed by atoms with van der Waals surface area (Å²) in [4.78, 5) is 0. The van der Waals surface area contributed by atoms with Crippen LogP contribution in [0.3, 0.4) is 0 Å². The summed E-state index contributed by atoms with van der Waals surface area (Å²) in [5.41, 5.74) is 6.28. The zero-order valence-corrected chi connectivity index (χ0v) is 11.4. The van der Waals surface area contributed by atoms with Crippen LogP contribution >= 0.6 is 11.8 Å². The Labute approximate surface area is 99.6 Å². The van der Waals surface area contributed by atoms with Crippen molar-refractivity contribution in [3.8, 4) is 0 Å². The molecule has 0 amide bonds. The van der Waals surface area contributed by atoms with Crippen LogP contribution in [0.4, 0.5) is 0 Å². The molecule has 1 fully saturated rings. The van der Waals surface area contributed by atoms with Gasteiger partial charge < -0.3 is 5.73 Å². The van der Waals surface area contributed by atoms with E-state index in [1.54, 1.807) is 0 Å². The fraction of sp³-hybridized carbons (Fsp3) is 1.00. The van der Waals surface area contributed by atoms with Crippen LogP contribution < -0.4 is 5.73 Å². The number of hydrogen-bond acceptors (Lipinski definition) is 2. The van der Waals surface area contributed by atoms with E-state index in [0.29, 0.717) is 6.04 Å². The van der Waals surface area contributed by atoms with Crippen LogP contribution in [-0.4, -0.2) is 17.5 Å². The largest absolute Gasteiger partial charge is 0.327 e. The molecule has 0 radical (unpaired) electrons. The Morgan fingerprint density at radius 1 is 1.27 bits per heavy atom. The van der Waals surface area contributed by atoms with Crippen molar-refractivity contribution in [1.29, 1.82) is 0 Å². The molecule has 1 saturated carbocycles. The molecule has 0 aromatic rings. The Balaban J connectivity index is 2.24. The van der Waals surface area contributed by atoms with E-state index in [4.69, 9.17) is 5.73 Å². The maximum atomic E-state index is 6.28. The van der Waals surface area contributed by atoms with E-state index in [1.165, 1.54) is 37.2 Å². The van der Waals surface area contributed by atoms with E-state index in [2.05, 4.69) is 20.8 Å². The second kappa shape index (κ2) is 6.80. The first-order valence-corrected chi connectivity index (χ1v) is 7.64. The molecule has 1 nitrogen and oxygen atoms in total. The quantitative estimate of drug-likeness (QED) is 0.730. The van der Waals surface area contributed by atoms with Crippen LogP contribution in [0, 0.1) is 17.8 Å². The van der Waals surface area contributed by atoms with Crippen molar-refractivity contribution in [3.05, 3.63) is 0 Å². The minimum absolute atomic E-state index is 0.441. The topological polar surface area (TPSA) is 26.0 Å². The molecule has 2 heteroatoms. The molecule has 90 valence electrons. The summed E-state index contributed by atoms with van der Waals surface area (Å²) in [6.07, 6.45) is 5.38. The Morgan fingerprint density at radius 3 is 2.60 bits per heavy atom. The molecule has 0 saturated heterocycles. The summed E-state index contributed by atoms with van der Waals surface area (Å²) < 4.78 is 0. The standard InChI is InChI=1S/C13H27NS/c1-4-7-15-9-13(14)12-6-5-10(2)11(3)8-12/h10-13H,4-9,14H2,1-3H3. The van der Waals surface area contributed by atoms with Gasteiger partial charge >= 0.3 is 0 Å². The number of rotatable bonds is 5. The maximum Gasteiger partial charge on any atom is 0.0159 e. The zero-order chi connectivity index (χ0) is 11.3. The lowest BCUT2D eigenvalue weighted by Crippen LogP contribution is -2.37. The molecule has 1 rings (SSSR count). The Kier molecular flexibility index (Phi) is 6.06. The number of thioether (sulfide) groups is 1. The first kappa shape index (κ1) is 13.4. The molecular weight excluding hydrogens is 202 g/mol. The summed E-state index contributed by atoms with van der Waals surface area (Å²) in [6, 6.07) is 0.441. The van der Waals surface area contributed by atoms with Crippen molar-refractivity contribution in [2.75, 3.05) is 11.5 Å². The average molecular weight is 229 g/mol. The SMILES string of the molecule is CCCSCC(N)C1CCC(C)C(C)C1. The minimum Gasteiger partial charge on any atom is -0.327 e. The predicted molar refractivity (Wildman–Crippen MR) is 71.3 cm³/mol. The van der Waals surface area contributed by atoms with Gasteiger partial charge in [-0.25, -0.2) is 0 Å². The van der Waals surface area contributed by atoms with Gasteiger partial charge in [0.05, 0.1) is 0 Å². The first-order valence-electron chi connectivity index (χ1n) is 6.48. The van der Waals surface area contributed by atoms with E-state index in [-0.39, 0.29) is 0 Å². The number of hydrogen-bond donors (Lipinski definition) is 1. The highest BCUT2D eigenvalue weighted by atomic mass is 32.2. The molecule has 0 aromatic heterocycles. The molecule has 0 aliphatic heterocycles. The summed E-state index contributed by atoms with van der Waals surface area (Å²) in [6.45, 7) is 7.02. The van der Waals surface area contributed by atoms with Crippen molar-refractivity contribution in [3.63, 3.8) is 0 Å². The van der Waals surface area contributed by atoms with Crippen LogP contribution in [0.5, 0.6) is 0 Å². The second-order valence-electron chi connectivity index (χ2n) is 5.27. The van der Waals surface area contributed by atoms with E-state index in [1.807, 2.05) is 11.8 Å². The summed E-state index contributed by atoms with van der Waals surface area (Å²) >= 11 is 2.03. The van der Waals surface area contributed by atoms with Crippen LogP contribution in [0.1, 0.15) is 46.5 Å². The normalized spacial score (nSPS) is 34.0. The van der Waals surface area contributed by atoms with Crippen molar-refractivity contribution in [2.24, 2.45) is 23.5 Å². The smallest absolute Gasteiger partial charge is 0.0159 e. The molecule has 4 atom stereocenters. The average Bonchev–Trinajstić information content (AvgIpc) is 2.22. The van der Waals surface area contributed by atoms with E-state index < -0.39 is 0 Å². The Morgan fingerprint density at radius 2 is 2.00 bits per heavy atom. The summed E-state index contributed by atoms with van der Waals surface area (Å²) in [7, 11) is 0. The fourth-order valence-electron chi connectivity index (χ4n) is 2.48. The van der Waals surface area contributed by atoms with Gasteiger partial charge in [-0.15, -0.1) is 0 Å². The first-order chi connectivity index (χ1) is 7.15. The van der Waals surface area contributed by atoms with Crippen molar-refractivity contribution in [1.82, 2.24) is 0 Å². The number of nitrogens with two attached hydrogens (primary N) is 1. The highest BCUT2D eigenvalue weighted by molar-refractivity contribution is 7.99. The third-order valence-corrected chi connectivity index (χ3v) is 5.22. The van der Waals surface area contributed by atoms with Crippen LogP contribution in [0.15, 0.2) is 0 Å². The molecule has 1 aliphatic carbocycles. The molecule has 0 aromatic carbocycles. The molecular formula is C13H27NS. The fourth-order valence-corrected chi connectivity index (χ4v) is 3.48. The van der Waals surface area contributed by atoms with Gasteiger partial charge in [-0.2, -0.15) is 11.8 Å². The second-order valence-corrected chi connectivity index (χ2v) is 6.42. The van der Waals surface area contributed by atoms with Gasteiger partial charge in [0.1, 0.15) is 0 Å². The van der Waals surface area contributed by atoms with E-state index >= 15 is 0 Å². The Hall–Kier alpha value is 0.310. The van der Waals surface area contributed by atoms with Gasteiger partial charge in [0, 0.05) is 11.8 Å². The highest BCUT2D eigenvalue weighted by Crippen LogP contribution is 2.35. The van der Waals surface area contributed by atoms with Gasteiger partial charge in [-0.1, -0.05) is 27.2 Å². The lowest BCUT2D eigenvalue weighted by atomic mass is 9.74. The third kappa shape index (κ3) is 4.36. The lowest BCUT2D eigenvalue weighted by Gasteiger charge is -2.35. The lowest BCUT2D eigenvalue weighted by molar-refractivity contribution is 0.192. The van der Waals surface area contributed by atoms with Crippen LogP contribution in [0.2, 0.25) is 0 Å². The van der Waals surface area contributed by atoms with Crippen LogP contribution in [-0.2, 0) is 0 Å². The van der Waals surface area contributed by atoms with E-state index in [0.717, 1.165) is 17.8 Å². The third-order valence-electron chi connectivity index (χ3n) is 3.90. The summed E-state index contributed by atoms with van der Waals surface area (Å²) in [5.74, 6) is 5.02. The molecule has 0 heterocycles. The maximum absolute atomic E-state index is 6.28. The molecule has 1 aliphatic rings. The van der Waals surface area contributed by atoms with E-state index in [9.17, 15) is 0 Å². The van der Waals surface area contributed by atoms with Crippen molar-refractivity contribution >= 4 is 11.8 Å². The molecule has 0 spiro atoms. The van der Waals surface area contributed by atoms with Gasteiger partial charge in [-0.05, 0) is 42.8 Å². The molecule has 0 bridgehead atoms. The molecule has 2 N–H and O–H groups in total. The van der Waals surface area contributed by atoms with Crippen molar-refractivity contribution in [2.45, 2.75) is 52.5 Å². The van der Waals surface area contributed by atoms with Gasteiger partial charge in [0.15, 0.2) is 0 Å². The highest BCUT2D eigenvalue weighted by Gasteiger charge is 2.28. The summed E-state index contributed by atoms with van der Waals surface area (Å²) in [5, 5.41) is 0. The minimum atomic E-state index is 0.441. The zero-order valence-electron chi connectivity index (χ0n) is 10.5.